The van der Waals surface area contributed by atoms with Crippen molar-refractivity contribution in [2.24, 2.45) is 11.7 Å². The molecule has 2 unspecified atom stereocenters. The number of hydrogen-bond donors (Lipinski definition) is 2. The zero-order valence-electron chi connectivity index (χ0n) is 12.7. The number of Topliss-reactive ketones (excluding diaryl/α,β-unsaturated/α-hetero) is 1. The number of nitrogens with zero attached hydrogens (tertiary/aromatic N) is 1. The molecule has 3 N–H and O–H groups in total. The number of nitrogens with two attached hydrogens (primary N) is 1. The molecule has 1 saturated carbocycles. The van der Waals surface area contributed by atoms with Crippen molar-refractivity contribution >= 4 is 11.7 Å². The number of ketones is 1. The molecule has 2 rings (SSSR count). The fourth-order valence-electron chi connectivity index (χ4n) is 2.78. The molecule has 5 nitrogen and oxygen atoms in total. The van der Waals surface area contributed by atoms with Crippen molar-refractivity contribution in [3.63, 3.8) is 0 Å². The third-order valence-corrected chi connectivity index (χ3v) is 4.15. The Labute approximate surface area is 125 Å². The third kappa shape index (κ3) is 4.17. The number of rotatable bonds is 6. The second-order valence-electron chi connectivity index (χ2n) is 5.75. The lowest BCUT2D eigenvalue weighted by atomic mass is 9.84. The fraction of sp³-hybridized carbons (Fsp3) is 0.625. The number of aryl methyl sites for hydroxylation is 2. The molecular formula is C16H25N3O2. The van der Waals surface area contributed by atoms with E-state index >= 15 is 0 Å². The lowest BCUT2D eigenvalue weighted by Crippen LogP contribution is -2.46. The van der Waals surface area contributed by atoms with E-state index in [0.717, 1.165) is 25.8 Å². The highest BCUT2D eigenvalue weighted by molar-refractivity contribution is 6.04. The number of nitrogens with one attached hydrogen (secondary N) is 1. The summed E-state index contributed by atoms with van der Waals surface area (Å²) in [4.78, 5) is 23.9. The molecule has 1 aromatic heterocycles. The molecule has 21 heavy (non-hydrogen) atoms. The van der Waals surface area contributed by atoms with E-state index in [4.69, 9.17) is 5.73 Å². The Morgan fingerprint density at radius 3 is 3.00 bits per heavy atom. The maximum atomic E-state index is 12.0. The minimum absolute atomic E-state index is 0.100. The van der Waals surface area contributed by atoms with Crippen LogP contribution in [0, 0.1) is 5.92 Å². The molecule has 0 aliphatic heterocycles. The number of aromatic nitrogens is 1. The van der Waals surface area contributed by atoms with Crippen molar-refractivity contribution in [1.29, 1.82) is 0 Å². The standard InChI is InChI=1S/C16H25N3O2/c1-2-12-7-10-19(11-12)9-4-8-18-16(21)13-5-3-6-14(17)15(13)20/h7,10-11,13-14H,2-6,8-9,17H2,1H3,(H,18,21). The molecule has 1 amide bonds. The van der Waals surface area contributed by atoms with E-state index in [1.807, 2.05) is 0 Å². The van der Waals surface area contributed by atoms with Gasteiger partial charge in [0.05, 0.1) is 12.0 Å². The van der Waals surface area contributed by atoms with E-state index in [0.29, 0.717) is 19.4 Å². The Balaban J connectivity index is 1.70. The van der Waals surface area contributed by atoms with Crippen LogP contribution in [0.1, 0.15) is 38.2 Å². The summed E-state index contributed by atoms with van der Waals surface area (Å²) in [5.41, 5.74) is 7.04. The van der Waals surface area contributed by atoms with E-state index in [1.165, 1.54) is 5.56 Å². The summed E-state index contributed by atoms with van der Waals surface area (Å²) >= 11 is 0. The molecule has 5 heteroatoms. The lowest BCUT2D eigenvalue weighted by Gasteiger charge is -2.24. The van der Waals surface area contributed by atoms with Gasteiger partial charge in [0.15, 0.2) is 5.78 Å². The Morgan fingerprint density at radius 2 is 2.29 bits per heavy atom. The van der Waals surface area contributed by atoms with Gasteiger partial charge in [-0.05, 0) is 37.3 Å². The molecule has 1 aromatic rings. The van der Waals surface area contributed by atoms with Crippen LogP contribution in [0.3, 0.4) is 0 Å². The summed E-state index contributed by atoms with van der Waals surface area (Å²) in [5.74, 6) is -0.791. The molecule has 1 fully saturated rings. The molecule has 1 aliphatic rings. The molecule has 1 heterocycles. The average molecular weight is 291 g/mol. The van der Waals surface area contributed by atoms with Gasteiger partial charge in [0.1, 0.15) is 0 Å². The molecule has 0 aromatic carbocycles. The smallest absolute Gasteiger partial charge is 0.230 e. The highest BCUT2D eigenvalue weighted by Gasteiger charge is 2.33. The maximum Gasteiger partial charge on any atom is 0.230 e. The highest BCUT2D eigenvalue weighted by atomic mass is 16.2. The van der Waals surface area contributed by atoms with Crippen LogP contribution in [0.15, 0.2) is 18.5 Å². The first kappa shape index (κ1) is 15.8. The summed E-state index contributed by atoms with van der Waals surface area (Å²) in [6, 6.07) is 1.66. The maximum absolute atomic E-state index is 12.0. The van der Waals surface area contributed by atoms with Gasteiger partial charge in [0.2, 0.25) is 5.91 Å². The van der Waals surface area contributed by atoms with Gasteiger partial charge in [-0.1, -0.05) is 13.3 Å². The molecule has 2 atom stereocenters. The normalized spacial score (nSPS) is 22.3. The van der Waals surface area contributed by atoms with Crippen molar-refractivity contribution in [2.45, 2.75) is 51.6 Å². The van der Waals surface area contributed by atoms with Crippen LogP contribution < -0.4 is 11.1 Å². The van der Waals surface area contributed by atoms with Crippen LogP contribution in [-0.4, -0.2) is 28.8 Å². The van der Waals surface area contributed by atoms with Gasteiger partial charge in [-0.2, -0.15) is 0 Å². The van der Waals surface area contributed by atoms with Gasteiger partial charge in [0.25, 0.3) is 0 Å². The molecule has 0 bridgehead atoms. The summed E-state index contributed by atoms with van der Waals surface area (Å²) in [6.45, 7) is 3.60. The zero-order chi connectivity index (χ0) is 15.2. The average Bonchev–Trinajstić information content (AvgIpc) is 2.94. The summed E-state index contributed by atoms with van der Waals surface area (Å²) in [7, 11) is 0. The molecule has 0 spiro atoms. The Morgan fingerprint density at radius 1 is 1.48 bits per heavy atom. The largest absolute Gasteiger partial charge is 0.355 e. The quantitative estimate of drug-likeness (QED) is 0.612. The van der Waals surface area contributed by atoms with E-state index in [2.05, 4.69) is 35.3 Å². The van der Waals surface area contributed by atoms with Gasteiger partial charge >= 0.3 is 0 Å². The Kier molecular flexibility index (Phi) is 5.56. The van der Waals surface area contributed by atoms with Gasteiger partial charge in [-0.25, -0.2) is 0 Å². The first-order valence-electron chi connectivity index (χ1n) is 7.83. The SMILES string of the molecule is CCc1ccn(CCCNC(=O)C2CCCC(N)C2=O)c1. The number of carbonyl (C=O) groups excluding carboxylic acids is 2. The fourth-order valence-corrected chi connectivity index (χ4v) is 2.78. The van der Waals surface area contributed by atoms with E-state index in [-0.39, 0.29) is 11.7 Å². The van der Waals surface area contributed by atoms with Crippen molar-refractivity contribution in [3.8, 4) is 0 Å². The summed E-state index contributed by atoms with van der Waals surface area (Å²) in [6.07, 6.45) is 8.28. The van der Waals surface area contributed by atoms with E-state index in [1.54, 1.807) is 0 Å². The van der Waals surface area contributed by atoms with Gasteiger partial charge in [-0.3, -0.25) is 9.59 Å². The number of hydrogen-bond acceptors (Lipinski definition) is 3. The third-order valence-electron chi connectivity index (χ3n) is 4.15. The van der Waals surface area contributed by atoms with Crippen molar-refractivity contribution in [1.82, 2.24) is 9.88 Å². The van der Waals surface area contributed by atoms with Gasteiger partial charge < -0.3 is 15.6 Å². The second-order valence-corrected chi connectivity index (χ2v) is 5.75. The molecule has 0 saturated heterocycles. The first-order chi connectivity index (χ1) is 10.1. The van der Waals surface area contributed by atoms with Crippen LogP contribution in [0.25, 0.3) is 0 Å². The molecule has 1 aliphatic carbocycles. The first-order valence-corrected chi connectivity index (χ1v) is 7.83. The predicted octanol–water partition coefficient (Wildman–Crippen LogP) is 1.25. The lowest BCUT2D eigenvalue weighted by molar-refractivity contribution is -0.136. The van der Waals surface area contributed by atoms with Gasteiger partial charge in [0, 0.05) is 25.5 Å². The number of carbonyl (C=O) groups is 2. The highest BCUT2D eigenvalue weighted by Crippen LogP contribution is 2.20. The monoisotopic (exact) mass is 291 g/mol. The minimum atomic E-state index is -0.535. The van der Waals surface area contributed by atoms with E-state index in [9.17, 15) is 9.59 Å². The van der Waals surface area contributed by atoms with Crippen LogP contribution >= 0.6 is 0 Å². The van der Waals surface area contributed by atoms with Crippen molar-refractivity contribution < 1.29 is 9.59 Å². The Bertz CT molecular complexity index is 495. The van der Waals surface area contributed by atoms with Crippen LogP contribution in [0.4, 0.5) is 0 Å². The topological polar surface area (TPSA) is 77.1 Å². The van der Waals surface area contributed by atoms with Crippen LogP contribution in [0.2, 0.25) is 0 Å². The molecular weight excluding hydrogens is 266 g/mol. The zero-order valence-corrected chi connectivity index (χ0v) is 12.7. The van der Waals surface area contributed by atoms with Crippen LogP contribution in [0.5, 0.6) is 0 Å². The second kappa shape index (κ2) is 7.41. The van der Waals surface area contributed by atoms with Gasteiger partial charge in [-0.15, -0.1) is 0 Å². The molecule has 116 valence electrons. The Hall–Kier alpha value is -1.62. The van der Waals surface area contributed by atoms with E-state index < -0.39 is 12.0 Å². The molecule has 0 radical (unpaired) electrons. The number of amides is 1. The van der Waals surface area contributed by atoms with Crippen molar-refractivity contribution in [2.75, 3.05) is 6.54 Å². The van der Waals surface area contributed by atoms with Crippen molar-refractivity contribution in [3.05, 3.63) is 24.0 Å². The van der Waals surface area contributed by atoms with Crippen LogP contribution in [-0.2, 0) is 22.6 Å². The minimum Gasteiger partial charge on any atom is -0.355 e. The summed E-state index contributed by atoms with van der Waals surface area (Å²) < 4.78 is 2.13. The summed E-state index contributed by atoms with van der Waals surface area (Å²) in [5, 5.41) is 2.87. The predicted molar refractivity (Wildman–Crippen MR) is 81.8 cm³/mol.